The Morgan fingerprint density at radius 1 is 0.400 bits per heavy atom. The fourth-order valence-corrected chi connectivity index (χ4v) is 7.38. The average molecular weight is 640 g/mol. The first-order valence-corrected chi connectivity index (χ1v) is 16.8. The zero-order chi connectivity index (χ0) is 33.0. The molecule has 0 aliphatic rings. The third-order valence-corrected chi connectivity index (χ3v) is 9.60. The molecule has 0 bridgehead atoms. The summed E-state index contributed by atoms with van der Waals surface area (Å²) in [5.74, 6) is 0.638. The van der Waals surface area contributed by atoms with Crippen molar-refractivity contribution >= 4 is 43.7 Å². The lowest BCUT2D eigenvalue weighted by molar-refractivity contribution is 0.995. The Bertz CT molecular complexity index is 2800. The molecule has 0 fully saturated rings. The molecular formula is C45H29N5. The zero-order valence-electron chi connectivity index (χ0n) is 27.0. The number of rotatable bonds is 5. The number of hydrogen-bond donors (Lipinski definition) is 0. The summed E-state index contributed by atoms with van der Waals surface area (Å²) in [6.07, 6.45) is 1.88. The van der Waals surface area contributed by atoms with Crippen LogP contribution in [0.5, 0.6) is 0 Å². The van der Waals surface area contributed by atoms with Crippen LogP contribution >= 0.6 is 0 Å². The molecule has 0 saturated carbocycles. The van der Waals surface area contributed by atoms with Crippen molar-refractivity contribution < 1.29 is 0 Å². The van der Waals surface area contributed by atoms with Gasteiger partial charge in [0, 0.05) is 39.2 Å². The Hall–Kier alpha value is -6.85. The second-order valence-electron chi connectivity index (χ2n) is 12.5. The molecule has 10 rings (SSSR count). The number of para-hydroxylation sites is 2. The van der Waals surface area contributed by atoms with Gasteiger partial charge in [-0.1, -0.05) is 115 Å². The maximum absolute atomic E-state index is 5.22. The summed E-state index contributed by atoms with van der Waals surface area (Å²) in [4.78, 5) is 15.3. The van der Waals surface area contributed by atoms with E-state index in [4.69, 9.17) is 15.0 Å². The van der Waals surface area contributed by atoms with E-state index in [1.165, 1.54) is 0 Å². The van der Waals surface area contributed by atoms with E-state index >= 15 is 0 Å². The summed E-state index contributed by atoms with van der Waals surface area (Å²) in [5, 5.41) is 3.43. The molecule has 5 nitrogen and oxygen atoms in total. The molecule has 4 heterocycles. The van der Waals surface area contributed by atoms with Crippen molar-refractivity contribution in [3.8, 4) is 45.3 Å². The van der Waals surface area contributed by atoms with E-state index in [2.05, 4.69) is 161 Å². The highest BCUT2D eigenvalue weighted by Gasteiger charge is 2.20. The van der Waals surface area contributed by atoms with E-state index < -0.39 is 0 Å². The summed E-state index contributed by atoms with van der Waals surface area (Å²) < 4.78 is 4.52. The normalized spacial score (nSPS) is 11.6. The summed E-state index contributed by atoms with van der Waals surface area (Å²) in [7, 11) is 0. The van der Waals surface area contributed by atoms with Crippen LogP contribution in [0.25, 0.3) is 89.0 Å². The van der Waals surface area contributed by atoms with E-state index in [0.29, 0.717) is 5.95 Å². The fourth-order valence-electron chi connectivity index (χ4n) is 7.38. The van der Waals surface area contributed by atoms with E-state index in [1.807, 2.05) is 24.4 Å². The summed E-state index contributed by atoms with van der Waals surface area (Å²) in [6, 6.07) is 59.3. The van der Waals surface area contributed by atoms with Crippen LogP contribution in [-0.2, 0) is 0 Å². The monoisotopic (exact) mass is 639 g/mol. The molecule has 10 aromatic rings. The van der Waals surface area contributed by atoms with Gasteiger partial charge in [0.1, 0.15) is 0 Å². The summed E-state index contributed by atoms with van der Waals surface area (Å²) in [5.41, 5.74) is 12.6. The van der Waals surface area contributed by atoms with Gasteiger partial charge in [0.15, 0.2) is 0 Å². The number of pyridine rings is 1. The zero-order valence-corrected chi connectivity index (χ0v) is 27.0. The Labute approximate surface area is 288 Å². The van der Waals surface area contributed by atoms with Crippen LogP contribution in [-0.4, -0.2) is 24.1 Å². The van der Waals surface area contributed by atoms with Crippen molar-refractivity contribution in [2.75, 3.05) is 0 Å². The van der Waals surface area contributed by atoms with Gasteiger partial charge in [0.25, 0.3) is 0 Å². The molecule has 0 atom stereocenters. The van der Waals surface area contributed by atoms with Crippen LogP contribution in [0.3, 0.4) is 0 Å². The van der Waals surface area contributed by atoms with E-state index in [0.717, 1.165) is 83.1 Å². The number of fused-ring (bicyclic) bond motifs is 6. The van der Waals surface area contributed by atoms with Gasteiger partial charge in [-0.05, 0) is 65.7 Å². The molecule has 0 saturated heterocycles. The van der Waals surface area contributed by atoms with Crippen LogP contribution < -0.4 is 0 Å². The molecule has 5 heteroatoms. The molecule has 0 aliphatic heterocycles. The molecule has 0 N–H and O–H groups in total. The molecule has 4 aromatic heterocycles. The van der Waals surface area contributed by atoms with E-state index in [1.54, 1.807) is 0 Å². The SMILES string of the molecule is c1ccc(-c2cc(-c3ccccc3)nc(-n3c4ccccc4c4c(-c5ccc6c(c5)c5ncccc5n6-c5ccccc5)cccc43)n2)cc1. The van der Waals surface area contributed by atoms with Crippen LogP contribution in [0, 0.1) is 0 Å². The highest BCUT2D eigenvalue weighted by Crippen LogP contribution is 2.41. The summed E-state index contributed by atoms with van der Waals surface area (Å²) in [6.45, 7) is 0. The minimum atomic E-state index is 0.638. The van der Waals surface area contributed by atoms with Crippen molar-refractivity contribution in [3.63, 3.8) is 0 Å². The van der Waals surface area contributed by atoms with E-state index in [-0.39, 0.29) is 0 Å². The van der Waals surface area contributed by atoms with Crippen molar-refractivity contribution in [2.45, 2.75) is 0 Å². The van der Waals surface area contributed by atoms with E-state index in [9.17, 15) is 0 Å². The number of nitrogens with zero attached hydrogens (tertiary/aromatic N) is 5. The molecule has 0 unspecified atom stereocenters. The molecule has 0 radical (unpaired) electrons. The molecule has 234 valence electrons. The van der Waals surface area contributed by atoms with Gasteiger partial charge in [0.2, 0.25) is 5.95 Å². The van der Waals surface area contributed by atoms with Gasteiger partial charge in [-0.25, -0.2) is 9.97 Å². The second kappa shape index (κ2) is 11.4. The highest BCUT2D eigenvalue weighted by molar-refractivity contribution is 6.17. The van der Waals surface area contributed by atoms with Crippen molar-refractivity contribution in [3.05, 3.63) is 176 Å². The first-order valence-electron chi connectivity index (χ1n) is 16.8. The topological polar surface area (TPSA) is 48.5 Å². The standard InChI is InChI=1S/C45H29N5/c1-4-14-30(15-5-1)37-29-38(31-16-6-2-7-17-31)48-45(47-37)50-39-22-11-10-20-35(39)43-34(21-12-23-41(43)50)32-25-26-40-36(28-32)44-42(24-13-27-46-44)49(40)33-18-8-3-9-19-33/h1-29H. The third kappa shape index (κ3) is 4.45. The Kier molecular flexibility index (Phi) is 6.42. The molecule has 50 heavy (non-hydrogen) atoms. The highest BCUT2D eigenvalue weighted by atomic mass is 15.2. The van der Waals surface area contributed by atoms with Crippen LogP contribution in [0.1, 0.15) is 0 Å². The third-order valence-electron chi connectivity index (χ3n) is 9.60. The minimum Gasteiger partial charge on any atom is -0.308 e. The lowest BCUT2D eigenvalue weighted by Gasteiger charge is -2.12. The van der Waals surface area contributed by atoms with Gasteiger partial charge in [-0.3, -0.25) is 9.55 Å². The minimum absolute atomic E-state index is 0.638. The van der Waals surface area contributed by atoms with Gasteiger partial charge < -0.3 is 4.57 Å². The Balaban J connectivity index is 1.23. The number of hydrogen-bond acceptors (Lipinski definition) is 3. The van der Waals surface area contributed by atoms with Crippen LogP contribution in [0.4, 0.5) is 0 Å². The van der Waals surface area contributed by atoms with Crippen LogP contribution in [0.2, 0.25) is 0 Å². The molecule has 0 aliphatic carbocycles. The van der Waals surface area contributed by atoms with Gasteiger partial charge in [0.05, 0.1) is 39.0 Å². The van der Waals surface area contributed by atoms with Crippen molar-refractivity contribution in [2.24, 2.45) is 0 Å². The average Bonchev–Trinajstić information content (AvgIpc) is 3.71. The first-order chi connectivity index (χ1) is 24.8. The lowest BCUT2D eigenvalue weighted by Crippen LogP contribution is -2.04. The Morgan fingerprint density at radius 2 is 1.02 bits per heavy atom. The van der Waals surface area contributed by atoms with Crippen LogP contribution in [0.15, 0.2) is 176 Å². The number of aromatic nitrogens is 5. The summed E-state index contributed by atoms with van der Waals surface area (Å²) >= 11 is 0. The molecule has 6 aromatic carbocycles. The van der Waals surface area contributed by atoms with Gasteiger partial charge >= 0.3 is 0 Å². The largest absolute Gasteiger partial charge is 0.308 e. The first kappa shape index (κ1) is 28.2. The van der Waals surface area contributed by atoms with Gasteiger partial charge in [-0.15, -0.1) is 0 Å². The second-order valence-corrected chi connectivity index (χ2v) is 12.5. The van der Waals surface area contributed by atoms with Crippen molar-refractivity contribution in [1.82, 2.24) is 24.1 Å². The maximum atomic E-state index is 5.22. The Morgan fingerprint density at radius 3 is 1.76 bits per heavy atom. The molecule has 0 amide bonds. The smallest absolute Gasteiger partial charge is 0.235 e. The molecule has 0 spiro atoms. The molecular weight excluding hydrogens is 611 g/mol. The lowest BCUT2D eigenvalue weighted by atomic mass is 9.98. The quantitative estimate of drug-likeness (QED) is 0.188. The fraction of sp³-hybridized carbons (Fsp3) is 0. The predicted octanol–water partition coefficient (Wildman–Crippen LogP) is 11.1. The van der Waals surface area contributed by atoms with Crippen molar-refractivity contribution in [1.29, 1.82) is 0 Å². The number of benzene rings is 6. The predicted molar refractivity (Wildman–Crippen MR) is 205 cm³/mol. The maximum Gasteiger partial charge on any atom is 0.235 e. The van der Waals surface area contributed by atoms with Gasteiger partial charge in [-0.2, -0.15) is 0 Å².